The van der Waals surface area contributed by atoms with Gasteiger partial charge >= 0.3 is 0 Å². The van der Waals surface area contributed by atoms with Crippen molar-refractivity contribution in [1.29, 1.82) is 0 Å². The third-order valence-corrected chi connectivity index (χ3v) is 4.33. The molecule has 1 aromatic rings. The number of phenols is 1. The highest BCUT2D eigenvalue weighted by Gasteiger charge is 2.23. The molecule has 0 aliphatic carbocycles. The van der Waals surface area contributed by atoms with Crippen molar-refractivity contribution in [3.05, 3.63) is 24.3 Å². The van der Waals surface area contributed by atoms with Gasteiger partial charge in [-0.25, -0.2) is 13.1 Å². The lowest BCUT2D eigenvalue weighted by atomic mass is 9.90. The van der Waals surface area contributed by atoms with Crippen molar-refractivity contribution in [2.75, 3.05) is 20.3 Å². The molecule has 1 rings (SSSR count). The average Bonchev–Trinajstić information content (AvgIpc) is 2.35. The largest absolute Gasteiger partial charge is 0.507 e. The van der Waals surface area contributed by atoms with Crippen LogP contribution in [0, 0.1) is 5.41 Å². The Morgan fingerprint density at radius 1 is 1.32 bits per heavy atom. The number of nitrogens with one attached hydrogen (secondary N) is 1. The van der Waals surface area contributed by atoms with Crippen LogP contribution < -0.4 is 4.72 Å². The summed E-state index contributed by atoms with van der Waals surface area (Å²) in [5, 5.41) is 9.58. The number of benzene rings is 1. The second-order valence-electron chi connectivity index (χ2n) is 5.20. The lowest BCUT2D eigenvalue weighted by Gasteiger charge is -2.24. The number of rotatable bonds is 7. The average molecular weight is 287 g/mol. The summed E-state index contributed by atoms with van der Waals surface area (Å²) < 4.78 is 31.7. The summed E-state index contributed by atoms with van der Waals surface area (Å²) in [6.07, 6.45) is 0.743. The number of hydrogen-bond donors (Lipinski definition) is 2. The molecule has 2 N–H and O–H groups in total. The summed E-state index contributed by atoms with van der Waals surface area (Å²) in [6.45, 7) is 4.77. The van der Waals surface area contributed by atoms with E-state index in [1.807, 2.05) is 13.8 Å². The normalized spacial score (nSPS) is 12.6. The fourth-order valence-electron chi connectivity index (χ4n) is 1.52. The zero-order chi connectivity index (χ0) is 14.5. The van der Waals surface area contributed by atoms with Crippen LogP contribution in [0.25, 0.3) is 0 Å². The molecule has 19 heavy (non-hydrogen) atoms. The quantitative estimate of drug-likeness (QED) is 0.801. The molecule has 5 nitrogen and oxygen atoms in total. The van der Waals surface area contributed by atoms with Gasteiger partial charge in [0, 0.05) is 20.3 Å². The zero-order valence-corrected chi connectivity index (χ0v) is 12.3. The van der Waals surface area contributed by atoms with Crippen LogP contribution in [0.5, 0.6) is 5.75 Å². The molecule has 0 heterocycles. The Balaban J connectivity index is 2.74. The molecule has 108 valence electrons. The number of para-hydroxylation sites is 1. The molecule has 0 radical (unpaired) electrons. The molecule has 0 bridgehead atoms. The smallest absolute Gasteiger partial charge is 0.244 e. The number of sulfonamides is 1. The Morgan fingerprint density at radius 3 is 2.53 bits per heavy atom. The molecule has 0 saturated heterocycles. The highest BCUT2D eigenvalue weighted by Crippen LogP contribution is 2.23. The Kier molecular flexibility index (Phi) is 5.34. The lowest BCUT2D eigenvalue weighted by Crippen LogP contribution is -2.34. The van der Waals surface area contributed by atoms with Crippen molar-refractivity contribution in [3.8, 4) is 5.75 Å². The first-order chi connectivity index (χ1) is 8.78. The van der Waals surface area contributed by atoms with E-state index in [1.165, 1.54) is 12.1 Å². The third-order valence-electron chi connectivity index (χ3n) is 2.88. The van der Waals surface area contributed by atoms with Gasteiger partial charge in [0.2, 0.25) is 10.0 Å². The van der Waals surface area contributed by atoms with E-state index in [0.29, 0.717) is 6.61 Å². The molecule has 0 aliphatic rings. The van der Waals surface area contributed by atoms with E-state index in [1.54, 1.807) is 19.2 Å². The Labute approximate surface area is 114 Å². The summed E-state index contributed by atoms with van der Waals surface area (Å²) in [6, 6.07) is 5.88. The fraction of sp³-hybridized carbons (Fsp3) is 0.538. The van der Waals surface area contributed by atoms with Gasteiger partial charge < -0.3 is 9.84 Å². The third kappa shape index (κ3) is 4.81. The highest BCUT2D eigenvalue weighted by molar-refractivity contribution is 7.89. The number of aromatic hydroxyl groups is 1. The standard InChI is InChI=1S/C13H21NO4S/c1-13(2,8-9-18-3)10-14-19(16,17)12-7-5-4-6-11(12)15/h4-7,14-15H,8-10H2,1-3H3. The van der Waals surface area contributed by atoms with Crippen molar-refractivity contribution >= 4 is 10.0 Å². The van der Waals surface area contributed by atoms with E-state index in [2.05, 4.69) is 4.72 Å². The predicted molar refractivity (Wildman–Crippen MR) is 73.6 cm³/mol. The highest BCUT2D eigenvalue weighted by atomic mass is 32.2. The summed E-state index contributed by atoms with van der Waals surface area (Å²) in [5.41, 5.74) is -0.215. The van der Waals surface area contributed by atoms with Crippen molar-refractivity contribution in [1.82, 2.24) is 4.72 Å². The SMILES string of the molecule is COCCC(C)(C)CNS(=O)(=O)c1ccccc1O. The van der Waals surface area contributed by atoms with Gasteiger partial charge in [-0.1, -0.05) is 26.0 Å². The molecule has 0 unspecified atom stereocenters. The van der Waals surface area contributed by atoms with Crippen molar-refractivity contribution in [2.45, 2.75) is 25.2 Å². The zero-order valence-electron chi connectivity index (χ0n) is 11.5. The number of ether oxygens (including phenoxy) is 1. The monoisotopic (exact) mass is 287 g/mol. The first kappa shape index (κ1) is 15.9. The second kappa shape index (κ2) is 6.36. The van der Waals surface area contributed by atoms with E-state index in [0.717, 1.165) is 6.42 Å². The van der Waals surface area contributed by atoms with E-state index < -0.39 is 10.0 Å². The Morgan fingerprint density at radius 2 is 1.95 bits per heavy atom. The second-order valence-corrected chi connectivity index (χ2v) is 6.93. The van der Waals surface area contributed by atoms with Crippen molar-refractivity contribution in [2.24, 2.45) is 5.41 Å². The molecule has 0 spiro atoms. The van der Waals surface area contributed by atoms with Crippen LogP contribution in [0.1, 0.15) is 20.3 Å². The topological polar surface area (TPSA) is 75.6 Å². The number of methoxy groups -OCH3 is 1. The van der Waals surface area contributed by atoms with E-state index in [4.69, 9.17) is 4.74 Å². The molecule has 0 saturated carbocycles. The summed E-state index contributed by atoms with van der Waals surface area (Å²) in [7, 11) is -2.08. The van der Waals surface area contributed by atoms with Crippen LogP contribution in [0.3, 0.4) is 0 Å². The van der Waals surface area contributed by atoms with Gasteiger partial charge in [0.15, 0.2) is 0 Å². The van der Waals surface area contributed by atoms with Crippen molar-refractivity contribution < 1.29 is 18.3 Å². The van der Waals surface area contributed by atoms with E-state index >= 15 is 0 Å². The summed E-state index contributed by atoms with van der Waals surface area (Å²) in [4.78, 5) is -0.0995. The maximum absolute atomic E-state index is 12.1. The molecule has 0 atom stereocenters. The molecule has 0 aliphatic heterocycles. The van der Waals surface area contributed by atoms with Gasteiger partial charge in [0.25, 0.3) is 0 Å². The van der Waals surface area contributed by atoms with Gasteiger partial charge in [0.05, 0.1) is 0 Å². The van der Waals surface area contributed by atoms with E-state index in [9.17, 15) is 13.5 Å². The number of hydrogen-bond acceptors (Lipinski definition) is 4. The van der Waals surface area contributed by atoms with Crippen molar-refractivity contribution in [3.63, 3.8) is 0 Å². The Bertz CT molecular complexity index is 511. The first-order valence-corrected chi connectivity index (χ1v) is 7.53. The van der Waals surface area contributed by atoms with E-state index in [-0.39, 0.29) is 22.6 Å². The summed E-state index contributed by atoms with van der Waals surface area (Å²) >= 11 is 0. The molecule has 6 heteroatoms. The fourth-order valence-corrected chi connectivity index (χ4v) is 2.86. The minimum atomic E-state index is -3.69. The van der Waals surface area contributed by atoms with Crippen LogP contribution in [0.15, 0.2) is 29.2 Å². The molecular formula is C13H21NO4S. The molecule has 0 fully saturated rings. The van der Waals surface area contributed by atoms with Gasteiger partial charge in [-0.05, 0) is 24.0 Å². The minimum Gasteiger partial charge on any atom is -0.507 e. The summed E-state index contributed by atoms with van der Waals surface area (Å²) in [5.74, 6) is -0.246. The molecular weight excluding hydrogens is 266 g/mol. The lowest BCUT2D eigenvalue weighted by molar-refractivity contribution is 0.153. The van der Waals surface area contributed by atoms with Gasteiger partial charge in [0.1, 0.15) is 10.6 Å². The Hall–Kier alpha value is -1.11. The van der Waals surface area contributed by atoms with Crippen LogP contribution in [0.4, 0.5) is 0 Å². The molecule has 1 aromatic carbocycles. The first-order valence-electron chi connectivity index (χ1n) is 6.05. The van der Waals surface area contributed by atoms with Gasteiger partial charge in [-0.2, -0.15) is 0 Å². The van der Waals surface area contributed by atoms with Crippen LogP contribution in [-0.4, -0.2) is 33.8 Å². The van der Waals surface area contributed by atoms with Crippen LogP contribution in [0.2, 0.25) is 0 Å². The maximum Gasteiger partial charge on any atom is 0.244 e. The van der Waals surface area contributed by atoms with Crippen LogP contribution in [-0.2, 0) is 14.8 Å². The predicted octanol–water partition coefficient (Wildman–Crippen LogP) is 1.73. The van der Waals surface area contributed by atoms with Gasteiger partial charge in [-0.3, -0.25) is 0 Å². The molecule has 0 aromatic heterocycles. The van der Waals surface area contributed by atoms with Crippen LogP contribution >= 0.6 is 0 Å². The minimum absolute atomic E-state index is 0.0995. The maximum atomic E-state index is 12.1. The molecule has 0 amide bonds. The van der Waals surface area contributed by atoms with Gasteiger partial charge in [-0.15, -0.1) is 0 Å². The number of phenolic OH excluding ortho intramolecular Hbond substituents is 1.